The first-order valence-electron chi connectivity index (χ1n) is 7.19. The van der Waals surface area contributed by atoms with Gasteiger partial charge in [-0.1, -0.05) is 25.1 Å². The van der Waals surface area contributed by atoms with E-state index in [0.29, 0.717) is 24.4 Å². The maximum Gasteiger partial charge on any atom is 0.269 e. The molecule has 0 spiro atoms. The van der Waals surface area contributed by atoms with Gasteiger partial charge in [0.2, 0.25) is 0 Å². The number of para-hydroxylation sites is 1. The molecule has 5 heteroatoms. The largest absolute Gasteiger partial charge is 0.383 e. The van der Waals surface area contributed by atoms with Crippen molar-refractivity contribution in [1.29, 1.82) is 5.26 Å². The number of nitrogens with one attached hydrogen (secondary N) is 1. The third kappa shape index (κ3) is 3.18. The minimum atomic E-state index is -0.274. The van der Waals surface area contributed by atoms with Crippen LogP contribution in [-0.4, -0.2) is 30.7 Å². The summed E-state index contributed by atoms with van der Waals surface area (Å²) < 4.78 is 6.71. The smallest absolute Gasteiger partial charge is 0.269 e. The lowest BCUT2D eigenvalue weighted by Gasteiger charge is -2.13. The van der Waals surface area contributed by atoms with Crippen molar-refractivity contribution in [3.05, 3.63) is 53.3 Å². The maximum absolute atomic E-state index is 12.4. The van der Waals surface area contributed by atoms with Crippen LogP contribution in [0.2, 0.25) is 0 Å². The molecular formula is C17H19N3O2. The third-order valence-corrected chi connectivity index (χ3v) is 3.45. The van der Waals surface area contributed by atoms with Crippen LogP contribution in [0.15, 0.2) is 36.5 Å². The Morgan fingerprint density at radius 3 is 2.82 bits per heavy atom. The van der Waals surface area contributed by atoms with Gasteiger partial charge in [0.25, 0.3) is 5.91 Å². The number of amides is 1. The number of ether oxygens (including phenoxy) is 1. The summed E-state index contributed by atoms with van der Waals surface area (Å²) in [6.45, 7) is 2.90. The Bertz CT molecular complexity index is 698. The van der Waals surface area contributed by atoms with Crippen LogP contribution in [0.3, 0.4) is 0 Å². The highest BCUT2D eigenvalue weighted by Crippen LogP contribution is 2.21. The average molecular weight is 297 g/mol. The van der Waals surface area contributed by atoms with Gasteiger partial charge in [-0.25, -0.2) is 0 Å². The second kappa shape index (κ2) is 7.43. The van der Waals surface area contributed by atoms with Gasteiger partial charge in [-0.2, -0.15) is 5.26 Å². The maximum atomic E-state index is 12.4. The van der Waals surface area contributed by atoms with Crippen LogP contribution < -0.4 is 5.32 Å². The minimum absolute atomic E-state index is 0.274. The molecule has 0 unspecified atom stereocenters. The zero-order valence-corrected chi connectivity index (χ0v) is 12.8. The van der Waals surface area contributed by atoms with Gasteiger partial charge < -0.3 is 14.6 Å². The van der Waals surface area contributed by atoms with Crippen molar-refractivity contribution in [3.63, 3.8) is 0 Å². The molecule has 1 heterocycles. The van der Waals surface area contributed by atoms with Crippen LogP contribution in [-0.2, 0) is 11.2 Å². The Labute approximate surface area is 130 Å². The molecule has 0 saturated carbocycles. The number of hydrogen-bond donors (Lipinski definition) is 1. The molecule has 1 N–H and O–H groups in total. The van der Waals surface area contributed by atoms with Crippen molar-refractivity contribution in [2.24, 2.45) is 0 Å². The second-order valence-corrected chi connectivity index (χ2v) is 4.79. The normalized spacial score (nSPS) is 10.2. The van der Waals surface area contributed by atoms with Crippen molar-refractivity contribution >= 4 is 5.91 Å². The first-order chi connectivity index (χ1) is 10.7. The molecule has 5 nitrogen and oxygen atoms in total. The van der Waals surface area contributed by atoms with Crippen molar-refractivity contribution < 1.29 is 9.53 Å². The SMILES string of the molecule is CCc1ccccc1-n1ccc(C#N)c1C(=O)NCCOC. The van der Waals surface area contributed by atoms with E-state index in [-0.39, 0.29) is 5.91 Å². The van der Waals surface area contributed by atoms with Crippen molar-refractivity contribution in [2.75, 3.05) is 20.3 Å². The lowest BCUT2D eigenvalue weighted by molar-refractivity contribution is 0.0930. The zero-order chi connectivity index (χ0) is 15.9. The third-order valence-electron chi connectivity index (χ3n) is 3.45. The average Bonchev–Trinajstić information content (AvgIpc) is 2.98. The molecule has 0 radical (unpaired) electrons. The van der Waals surface area contributed by atoms with E-state index in [1.54, 1.807) is 23.9 Å². The van der Waals surface area contributed by atoms with Crippen molar-refractivity contribution in [1.82, 2.24) is 9.88 Å². The lowest BCUT2D eigenvalue weighted by atomic mass is 10.1. The molecule has 2 aromatic rings. The molecule has 1 amide bonds. The second-order valence-electron chi connectivity index (χ2n) is 4.79. The molecule has 114 valence electrons. The predicted octanol–water partition coefficient (Wildman–Crippen LogP) is 2.29. The lowest BCUT2D eigenvalue weighted by Crippen LogP contribution is -2.29. The highest BCUT2D eigenvalue weighted by molar-refractivity contribution is 5.96. The summed E-state index contributed by atoms with van der Waals surface area (Å²) in [5.74, 6) is -0.274. The highest BCUT2D eigenvalue weighted by Gasteiger charge is 2.18. The van der Waals surface area contributed by atoms with E-state index >= 15 is 0 Å². The molecule has 0 aliphatic heterocycles. The van der Waals surface area contributed by atoms with Gasteiger partial charge in [-0.05, 0) is 24.1 Å². The van der Waals surface area contributed by atoms with Crippen LogP contribution in [0.25, 0.3) is 5.69 Å². The molecule has 2 rings (SSSR count). The Kier molecular flexibility index (Phi) is 5.34. The summed E-state index contributed by atoms with van der Waals surface area (Å²) in [5, 5.41) is 12.0. The Morgan fingerprint density at radius 1 is 1.36 bits per heavy atom. The quantitative estimate of drug-likeness (QED) is 0.832. The van der Waals surface area contributed by atoms with Crippen LogP contribution in [0, 0.1) is 11.3 Å². The van der Waals surface area contributed by atoms with Crippen molar-refractivity contribution in [3.8, 4) is 11.8 Å². The van der Waals surface area contributed by atoms with Gasteiger partial charge in [0.1, 0.15) is 11.8 Å². The molecule has 0 saturated heterocycles. The van der Waals surface area contributed by atoms with Crippen LogP contribution in [0.1, 0.15) is 28.5 Å². The summed E-state index contributed by atoms with van der Waals surface area (Å²) in [6, 6.07) is 11.6. The van der Waals surface area contributed by atoms with E-state index in [0.717, 1.165) is 17.7 Å². The molecular weight excluding hydrogens is 278 g/mol. The van der Waals surface area contributed by atoms with E-state index in [2.05, 4.69) is 18.3 Å². The van der Waals surface area contributed by atoms with E-state index < -0.39 is 0 Å². The van der Waals surface area contributed by atoms with E-state index in [1.165, 1.54) is 0 Å². The standard InChI is InChI=1S/C17H19N3O2/c1-3-13-6-4-5-7-15(13)20-10-8-14(12-18)16(20)17(21)19-9-11-22-2/h4-8,10H,3,9,11H2,1-2H3,(H,19,21). The van der Waals surface area contributed by atoms with Crippen molar-refractivity contribution in [2.45, 2.75) is 13.3 Å². The van der Waals surface area contributed by atoms with Crippen LogP contribution in [0.4, 0.5) is 0 Å². The van der Waals surface area contributed by atoms with Gasteiger partial charge in [-0.15, -0.1) is 0 Å². The van der Waals surface area contributed by atoms with E-state index in [1.807, 2.05) is 24.3 Å². The summed E-state index contributed by atoms with van der Waals surface area (Å²) >= 11 is 0. The van der Waals surface area contributed by atoms with E-state index in [9.17, 15) is 10.1 Å². The topological polar surface area (TPSA) is 67.0 Å². The number of benzene rings is 1. The summed E-state index contributed by atoms with van der Waals surface area (Å²) in [6.07, 6.45) is 2.61. The molecule has 0 aliphatic carbocycles. The van der Waals surface area contributed by atoms with Gasteiger partial charge >= 0.3 is 0 Å². The van der Waals surface area contributed by atoms with E-state index in [4.69, 9.17) is 4.74 Å². The highest BCUT2D eigenvalue weighted by atomic mass is 16.5. The van der Waals surface area contributed by atoms with Crippen LogP contribution >= 0.6 is 0 Å². The summed E-state index contributed by atoms with van der Waals surface area (Å²) in [4.78, 5) is 12.4. The number of nitriles is 1. The minimum Gasteiger partial charge on any atom is -0.383 e. The summed E-state index contributed by atoms with van der Waals surface area (Å²) in [7, 11) is 1.58. The summed E-state index contributed by atoms with van der Waals surface area (Å²) in [5.41, 5.74) is 2.76. The fourth-order valence-corrected chi connectivity index (χ4v) is 2.35. The van der Waals surface area contributed by atoms with Gasteiger partial charge in [0, 0.05) is 25.5 Å². The Morgan fingerprint density at radius 2 is 2.14 bits per heavy atom. The predicted molar refractivity (Wildman–Crippen MR) is 84.1 cm³/mol. The molecule has 0 atom stereocenters. The number of hydrogen-bond acceptors (Lipinski definition) is 3. The number of methoxy groups -OCH3 is 1. The van der Waals surface area contributed by atoms with Crippen LogP contribution in [0.5, 0.6) is 0 Å². The van der Waals surface area contributed by atoms with Gasteiger partial charge in [-0.3, -0.25) is 4.79 Å². The Balaban J connectivity index is 2.43. The molecule has 0 aliphatic rings. The fourth-order valence-electron chi connectivity index (χ4n) is 2.35. The molecule has 22 heavy (non-hydrogen) atoms. The molecule has 0 fully saturated rings. The Hall–Kier alpha value is -2.58. The first kappa shape index (κ1) is 15.8. The molecule has 0 bridgehead atoms. The van der Waals surface area contributed by atoms with Gasteiger partial charge in [0.05, 0.1) is 12.2 Å². The number of aromatic nitrogens is 1. The zero-order valence-electron chi connectivity index (χ0n) is 12.8. The number of aryl methyl sites for hydroxylation is 1. The molecule has 1 aromatic carbocycles. The number of rotatable bonds is 6. The number of nitrogens with zero attached hydrogens (tertiary/aromatic N) is 2. The first-order valence-corrected chi connectivity index (χ1v) is 7.19. The molecule has 1 aromatic heterocycles. The number of carbonyl (C=O) groups is 1. The number of carbonyl (C=O) groups excluding carboxylic acids is 1. The fraction of sp³-hybridized carbons (Fsp3) is 0.294. The monoisotopic (exact) mass is 297 g/mol. The van der Waals surface area contributed by atoms with Gasteiger partial charge in [0.15, 0.2) is 0 Å².